The lowest BCUT2D eigenvalue weighted by Crippen LogP contribution is -2.14. The second-order valence-electron chi connectivity index (χ2n) is 3.68. The summed E-state index contributed by atoms with van der Waals surface area (Å²) in [5.41, 5.74) is 1.28. The van der Waals surface area contributed by atoms with Crippen molar-refractivity contribution in [1.82, 2.24) is 5.32 Å². The molecule has 0 saturated carbocycles. The first kappa shape index (κ1) is 29.9. The van der Waals surface area contributed by atoms with Crippen LogP contribution in [0.1, 0.15) is 73.8 Å². The van der Waals surface area contributed by atoms with Crippen LogP contribution in [-0.4, -0.2) is 17.6 Å². The van der Waals surface area contributed by atoms with Crippen LogP contribution in [0.4, 0.5) is 0 Å². The Morgan fingerprint density at radius 1 is 1.09 bits per heavy atom. The van der Waals surface area contributed by atoms with Gasteiger partial charge in [-0.05, 0) is 24.6 Å². The van der Waals surface area contributed by atoms with Crippen LogP contribution in [0.15, 0.2) is 29.2 Å². The van der Waals surface area contributed by atoms with Gasteiger partial charge in [0, 0.05) is 18.4 Å². The van der Waals surface area contributed by atoms with E-state index in [1.54, 1.807) is 0 Å². The Kier molecular flexibility index (Phi) is 37.8. The SMILES string of the molecule is CC.CC.CC.CC(=O)O.CCCCNCc1ccccc1S. The quantitative estimate of drug-likeness (QED) is 0.451. The molecule has 0 heterocycles. The van der Waals surface area contributed by atoms with Crippen LogP contribution in [0.25, 0.3) is 0 Å². The maximum absolute atomic E-state index is 9.00. The van der Waals surface area contributed by atoms with E-state index in [1.165, 1.54) is 18.4 Å². The molecule has 0 radical (unpaired) electrons. The Hall–Kier alpha value is -1.00. The molecule has 0 unspecified atom stereocenters. The molecule has 3 nitrogen and oxygen atoms in total. The number of rotatable bonds is 5. The first-order valence-corrected chi connectivity index (χ1v) is 9.19. The van der Waals surface area contributed by atoms with Gasteiger partial charge in [-0.25, -0.2) is 0 Å². The molecule has 0 fully saturated rings. The Labute approximate surface area is 150 Å². The summed E-state index contributed by atoms with van der Waals surface area (Å²) < 4.78 is 0. The van der Waals surface area contributed by atoms with Gasteiger partial charge >= 0.3 is 0 Å². The van der Waals surface area contributed by atoms with Crippen molar-refractivity contribution < 1.29 is 9.90 Å². The fourth-order valence-corrected chi connectivity index (χ4v) is 1.42. The molecule has 0 aliphatic heterocycles. The standard InChI is InChI=1S/C11H17NS.C2H4O2.3C2H6/c1-2-3-8-12-9-10-6-4-5-7-11(10)13;1-2(3)4;3*1-2/h4-7,12-13H,2-3,8-9H2,1H3;1H3,(H,3,4);3*1-2H3. The van der Waals surface area contributed by atoms with Gasteiger partial charge in [0.15, 0.2) is 0 Å². The molecule has 0 aromatic heterocycles. The summed E-state index contributed by atoms with van der Waals surface area (Å²) in [7, 11) is 0. The van der Waals surface area contributed by atoms with Gasteiger partial charge in [-0.15, -0.1) is 12.6 Å². The van der Waals surface area contributed by atoms with E-state index >= 15 is 0 Å². The summed E-state index contributed by atoms with van der Waals surface area (Å²) in [5.74, 6) is -0.833. The summed E-state index contributed by atoms with van der Waals surface area (Å²) in [6.45, 7) is 17.3. The van der Waals surface area contributed by atoms with Crippen molar-refractivity contribution in [3.05, 3.63) is 29.8 Å². The number of hydrogen-bond acceptors (Lipinski definition) is 3. The highest BCUT2D eigenvalue weighted by molar-refractivity contribution is 7.80. The molecule has 0 saturated heterocycles. The number of carbonyl (C=O) groups is 1. The van der Waals surface area contributed by atoms with Crippen molar-refractivity contribution >= 4 is 18.6 Å². The number of carboxylic acid groups (broad SMARTS) is 1. The Morgan fingerprint density at radius 2 is 1.52 bits per heavy atom. The van der Waals surface area contributed by atoms with Crippen molar-refractivity contribution in [2.24, 2.45) is 0 Å². The van der Waals surface area contributed by atoms with Crippen molar-refractivity contribution in [2.45, 2.75) is 79.7 Å². The molecule has 138 valence electrons. The third-order valence-electron chi connectivity index (χ3n) is 2.01. The largest absolute Gasteiger partial charge is 0.481 e. The molecule has 0 aliphatic rings. The number of nitrogens with one attached hydrogen (secondary N) is 1. The zero-order valence-electron chi connectivity index (χ0n) is 16.4. The second kappa shape index (κ2) is 29.1. The van der Waals surface area contributed by atoms with Crippen molar-refractivity contribution in [3.8, 4) is 0 Å². The second-order valence-corrected chi connectivity index (χ2v) is 4.16. The molecule has 0 spiro atoms. The van der Waals surface area contributed by atoms with Gasteiger partial charge in [-0.3, -0.25) is 4.79 Å². The maximum Gasteiger partial charge on any atom is 0.300 e. The van der Waals surface area contributed by atoms with E-state index in [9.17, 15) is 0 Å². The van der Waals surface area contributed by atoms with Crippen molar-refractivity contribution in [1.29, 1.82) is 0 Å². The molecule has 0 amide bonds. The van der Waals surface area contributed by atoms with Crippen LogP contribution in [0.3, 0.4) is 0 Å². The molecular formula is C19H39NO2S. The van der Waals surface area contributed by atoms with Crippen LogP contribution >= 0.6 is 12.6 Å². The number of unbranched alkanes of at least 4 members (excludes halogenated alkanes) is 1. The van der Waals surface area contributed by atoms with Gasteiger partial charge in [0.2, 0.25) is 0 Å². The molecule has 0 aliphatic carbocycles. The number of thiol groups is 1. The Balaban J connectivity index is -0.000000152. The van der Waals surface area contributed by atoms with Gasteiger partial charge in [0.05, 0.1) is 0 Å². The predicted molar refractivity (Wildman–Crippen MR) is 108 cm³/mol. The van der Waals surface area contributed by atoms with E-state index in [2.05, 4.69) is 37.0 Å². The van der Waals surface area contributed by atoms with E-state index in [-0.39, 0.29) is 0 Å². The fourth-order valence-electron chi connectivity index (χ4n) is 1.19. The molecule has 4 heteroatoms. The minimum absolute atomic E-state index is 0.833. The summed E-state index contributed by atoms with van der Waals surface area (Å²) >= 11 is 4.38. The minimum Gasteiger partial charge on any atom is -0.481 e. The average Bonchev–Trinajstić information content (AvgIpc) is 2.58. The number of aliphatic carboxylic acids is 1. The normalized spacial score (nSPS) is 7.70. The Bertz CT molecular complexity index is 327. The monoisotopic (exact) mass is 345 g/mol. The van der Waals surface area contributed by atoms with E-state index in [1.807, 2.05) is 53.7 Å². The van der Waals surface area contributed by atoms with E-state index in [4.69, 9.17) is 9.90 Å². The number of carboxylic acids is 1. The summed E-state index contributed by atoms with van der Waals surface area (Å²) in [5, 5.41) is 10.8. The van der Waals surface area contributed by atoms with E-state index in [0.29, 0.717) is 0 Å². The molecule has 0 atom stereocenters. The Morgan fingerprint density at radius 3 is 1.91 bits per heavy atom. The zero-order chi connectivity index (χ0) is 19.1. The van der Waals surface area contributed by atoms with Crippen molar-refractivity contribution in [2.75, 3.05) is 6.54 Å². The summed E-state index contributed by atoms with van der Waals surface area (Å²) in [6.07, 6.45) is 2.49. The fraction of sp³-hybridized carbons (Fsp3) is 0.632. The number of hydrogen-bond donors (Lipinski definition) is 3. The van der Waals surface area contributed by atoms with Crippen LogP contribution in [-0.2, 0) is 11.3 Å². The zero-order valence-corrected chi connectivity index (χ0v) is 17.3. The lowest BCUT2D eigenvalue weighted by atomic mass is 10.2. The number of benzene rings is 1. The maximum atomic E-state index is 9.00. The van der Waals surface area contributed by atoms with Crippen LogP contribution in [0.5, 0.6) is 0 Å². The van der Waals surface area contributed by atoms with Gasteiger partial charge in [0.25, 0.3) is 5.97 Å². The first-order chi connectivity index (χ1) is 11.1. The molecule has 2 N–H and O–H groups in total. The first-order valence-electron chi connectivity index (χ1n) is 8.75. The molecule has 23 heavy (non-hydrogen) atoms. The average molecular weight is 346 g/mol. The van der Waals surface area contributed by atoms with Crippen LogP contribution in [0.2, 0.25) is 0 Å². The van der Waals surface area contributed by atoms with Crippen molar-refractivity contribution in [3.63, 3.8) is 0 Å². The van der Waals surface area contributed by atoms with Gasteiger partial charge in [-0.2, -0.15) is 0 Å². The lowest BCUT2D eigenvalue weighted by Gasteiger charge is -2.05. The van der Waals surface area contributed by atoms with Gasteiger partial charge < -0.3 is 10.4 Å². The third kappa shape index (κ3) is 29.6. The van der Waals surface area contributed by atoms with E-state index < -0.39 is 5.97 Å². The highest BCUT2D eigenvalue weighted by atomic mass is 32.1. The minimum atomic E-state index is -0.833. The smallest absolute Gasteiger partial charge is 0.300 e. The van der Waals surface area contributed by atoms with Crippen LogP contribution < -0.4 is 5.32 Å². The molecule has 1 aromatic carbocycles. The molecule has 0 bridgehead atoms. The van der Waals surface area contributed by atoms with E-state index in [0.717, 1.165) is 24.9 Å². The summed E-state index contributed by atoms with van der Waals surface area (Å²) in [6, 6.07) is 8.20. The molecular weight excluding hydrogens is 306 g/mol. The molecule has 1 aromatic rings. The summed E-state index contributed by atoms with van der Waals surface area (Å²) in [4.78, 5) is 10.1. The van der Waals surface area contributed by atoms with Gasteiger partial charge in [0.1, 0.15) is 0 Å². The topological polar surface area (TPSA) is 49.3 Å². The highest BCUT2D eigenvalue weighted by Gasteiger charge is 1.95. The van der Waals surface area contributed by atoms with Gasteiger partial charge in [-0.1, -0.05) is 73.1 Å². The lowest BCUT2D eigenvalue weighted by molar-refractivity contribution is -0.134. The predicted octanol–water partition coefficient (Wildman–Crippen LogP) is 6.03. The van der Waals surface area contributed by atoms with Crippen LogP contribution in [0, 0.1) is 0 Å². The molecule has 1 rings (SSSR count). The highest BCUT2D eigenvalue weighted by Crippen LogP contribution is 2.11. The third-order valence-corrected chi connectivity index (χ3v) is 2.45.